The number of rotatable bonds is 3. The summed E-state index contributed by atoms with van der Waals surface area (Å²) < 4.78 is 39.6. The van der Waals surface area contributed by atoms with Crippen molar-refractivity contribution < 1.29 is 12.8 Å². The van der Waals surface area contributed by atoms with Crippen LogP contribution in [0.25, 0.3) is 0 Å². The molecular weight excluding hydrogens is 413 g/mol. The molecule has 2 aromatic carbocycles. The molecule has 3 nitrogen and oxygen atoms in total. The summed E-state index contributed by atoms with van der Waals surface area (Å²) in [5.41, 5.74) is 5.96. The first-order valence-corrected chi connectivity index (χ1v) is 8.75. The van der Waals surface area contributed by atoms with Gasteiger partial charge in [0.25, 0.3) is 0 Å². The molecule has 0 aliphatic heterocycles. The average molecular weight is 423 g/mol. The number of hydrogen-bond donors (Lipinski definition) is 1. The van der Waals surface area contributed by atoms with Crippen molar-refractivity contribution in [2.45, 2.75) is 10.6 Å². The molecule has 0 radical (unpaired) electrons. The summed E-state index contributed by atoms with van der Waals surface area (Å²) in [7, 11) is -3.70. The maximum Gasteiger partial charge on any atom is 0.184 e. The molecule has 0 bridgehead atoms. The van der Waals surface area contributed by atoms with Crippen molar-refractivity contribution in [3.8, 4) is 0 Å². The molecule has 0 unspecified atom stereocenters. The van der Waals surface area contributed by atoms with Crippen LogP contribution in [0.3, 0.4) is 0 Å². The third-order valence-electron chi connectivity index (χ3n) is 2.67. The van der Waals surface area contributed by atoms with E-state index < -0.39 is 21.4 Å². The van der Waals surface area contributed by atoms with Gasteiger partial charge in [-0.1, -0.05) is 37.9 Å². The summed E-state index contributed by atoms with van der Waals surface area (Å²) in [6.07, 6.45) is 0. The topological polar surface area (TPSA) is 60.2 Å². The Hall–Kier alpha value is -0.920. The van der Waals surface area contributed by atoms with E-state index in [2.05, 4.69) is 31.9 Å². The molecular formula is C13H10Br2FNO2S. The summed E-state index contributed by atoms with van der Waals surface area (Å²) >= 11 is 6.34. The first-order chi connectivity index (χ1) is 9.29. The van der Waals surface area contributed by atoms with Gasteiger partial charge >= 0.3 is 0 Å². The monoisotopic (exact) mass is 421 g/mol. The quantitative estimate of drug-likeness (QED) is 0.763. The van der Waals surface area contributed by atoms with E-state index in [0.717, 1.165) is 0 Å². The second-order valence-electron chi connectivity index (χ2n) is 4.18. The van der Waals surface area contributed by atoms with Crippen molar-refractivity contribution in [2.75, 3.05) is 5.73 Å². The van der Waals surface area contributed by atoms with Gasteiger partial charge in [0.2, 0.25) is 0 Å². The molecule has 106 valence electrons. The van der Waals surface area contributed by atoms with Crippen LogP contribution in [0.15, 0.2) is 50.2 Å². The molecule has 2 aromatic rings. The minimum atomic E-state index is -3.70. The van der Waals surface area contributed by atoms with Crippen molar-refractivity contribution in [2.24, 2.45) is 0 Å². The Labute approximate surface area is 133 Å². The number of sulfone groups is 1. The molecule has 0 fully saturated rings. The van der Waals surface area contributed by atoms with Crippen LogP contribution in [-0.4, -0.2) is 8.42 Å². The lowest BCUT2D eigenvalue weighted by molar-refractivity contribution is 0.587. The summed E-state index contributed by atoms with van der Waals surface area (Å²) in [5.74, 6) is -1.00. The average Bonchev–Trinajstić information content (AvgIpc) is 2.32. The van der Waals surface area contributed by atoms with Crippen molar-refractivity contribution in [3.05, 3.63) is 56.7 Å². The number of nitrogens with two attached hydrogens (primary N) is 1. The van der Waals surface area contributed by atoms with Gasteiger partial charge in [-0.25, -0.2) is 12.8 Å². The highest BCUT2D eigenvalue weighted by molar-refractivity contribution is 9.10. The molecule has 2 N–H and O–H groups in total. The summed E-state index contributed by atoms with van der Waals surface area (Å²) in [6, 6.07) is 8.76. The molecule has 7 heteroatoms. The van der Waals surface area contributed by atoms with Gasteiger partial charge in [0.1, 0.15) is 5.82 Å². The van der Waals surface area contributed by atoms with Crippen molar-refractivity contribution in [1.29, 1.82) is 0 Å². The van der Waals surface area contributed by atoms with Gasteiger partial charge in [-0.3, -0.25) is 0 Å². The molecule has 0 atom stereocenters. The highest BCUT2D eigenvalue weighted by Gasteiger charge is 2.20. The van der Waals surface area contributed by atoms with Crippen LogP contribution in [0.1, 0.15) is 5.56 Å². The van der Waals surface area contributed by atoms with Crippen LogP contribution in [0.2, 0.25) is 0 Å². The fourth-order valence-corrected chi connectivity index (χ4v) is 3.93. The fourth-order valence-electron chi connectivity index (χ4n) is 1.72. The second-order valence-corrected chi connectivity index (χ2v) is 7.97. The zero-order valence-corrected chi connectivity index (χ0v) is 14.1. The normalized spacial score (nSPS) is 11.6. The summed E-state index contributed by atoms with van der Waals surface area (Å²) in [5, 5.41) is 0. The first-order valence-electron chi connectivity index (χ1n) is 5.51. The van der Waals surface area contributed by atoms with E-state index in [4.69, 9.17) is 5.73 Å². The second kappa shape index (κ2) is 5.83. The van der Waals surface area contributed by atoms with Crippen LogP contribution in [0.4, 0.5) is 10.1 Å². The molecule has 0 amide bonds. The highest BCUT2D eigenvalue weighted by Crippen LogP contribution is 2.27. The SMILES string of the molecule is Nc1cc(Br)ccc1S(=O)(=O)Cc1ccc(Br)cc1F. The number of nitrogen functional groups attached to an aromatic ring is 1. The van der Waals surface area contributed by atoms with E-state index in [-0.39, 0.29) is 16.1 Å². The number of anilines is 1. The third kappa shape index (κ3) is 3.39. The van der Waals surface area contributed by atoms with Crippen LogP contribution in [0.5, 0.6) is 0 Å². The smallest absolute Gasteiger partial charge is 0.184 e. The number of benzene rings is 2. The van der Waals surface area contributed by atoms with Crippen LogP contribution >= 0.6 is 31.9 Å². The Morgan fingerprint density at radius 2 is 1.65 bits per heavy atom. The zero-order valence-electron chi connectivity index (χ0n) is 10.1. The Balaban J connectivity index is 2.41. The lowest BCUT2D eigenvalue weighted by Crippen LogP contribution is -2.09. The zero-order chi connectivity index (χ0) is 14.9. The number of hydrogen-bond acceptors (Lipinski definition) is 3. The van der Waals surface area contributed by atoms with Crippen molar-refractivity contribution in [3.63, 3.8) is 0 Å². The van der Waals surface area contributed by atoms with E-state index in [1.54, 1.807) is 12.1 Å². The van der Waals surface area contributed by atoms with E-state index in [9.17, 15) is 12.8 Å². The van der Waals surface area contributed by atoms with Crippen LogP contribution in [0, 0.1) is 5.82 Å². The van der Waals surface area contributed by atoms with Gasteiger partial charge < -0.3 is 5.73 Å². The van der Waals surface area contributed by atoms with E-state index in [1.807, 2.05) is 0 Å². The minimum absolute atomic E-state index is 0.00280. The largest absolute Gasteiger partial charge is 0.398 e. The lowest BCUT2D eigenvalue weighted by Gasteiger charge is -2.09. The summed E-state index contributed by atoms with van der Waals surface area (Å²) in [4.78, 5) is 0.00280. The lowest BCUT2D eigenvalue weighted by atomic mass is 10.2. The van der Waals surface area contributed by atoms with Crippen LogP contribution in [-0.2, 0) is 15.6 Å². The highest BCUT2D eigenvalue weighted by atomic mass is 79.9. The molecule has 0 heterocycles. The molecule has 0 aromatic heterocycles. The van der Waals surface area contributed by atoms with Crippen molar-refractivity contribution in [1.82, 2.24) is 0 Å². The maximum atomic E-state index is 13.7. The predicted octanol–water partition coefficient (Wildman–Crippen LogP) is 3.91. The van der Waals surface area contributed by atoms with Gasteiger partial charge in [-0.15, -0.1) is 0 Å². The van der Waals surface area contributed by atoms with Gasteiger partial charge in [0, 0.05) is 14.5 Å². The number of halogens is 3. The van der Waals surface area contributed by atoms with Crippen molar-refractivity contribution >= 4 is 47.4 Å². The molecule has 0 saturated heterocycles. The fraction of sp³-hybridized carbons (Fsp3) is 0.0769. The Morgan fingerprint density at radius 1 is 1.05 bits per heavy atom. The molecule has 0 saturated carbocycles. The van der Waals surface area contributed by atoms with E-state index in [0.29, 0.717) is 8.95 Å². The maximum absolute atomic E-state index is 13.7. The van der Waals surface area contributed by atoms with Gasteiger partial charge in [-0.2, -0.15) is 0 Å². The van der Waals surface area contributed by atoms with E-state index >= 15 is 0 Å². The van der Waals surface area contributed by atoms with E-state index in [1.165, 1.54) is 24.3 Å². The standard InChI is InChI=1S/C13H10Br2FNO2S/c14-9-2-1-8(11(16)5-9)7-20(18,19)13-4-3-10(15)6-12(13)17/h1-6H,7,17H2. The van der Waals surface area contributed by atoms with Gasteiger partial charge in [0.05, 0.1) is 16.3 Å². The first kappa shape index (κ1) is 15.5. The Kier molecular flexibility index (Phi) is 4.51. The molecule has 2 rings (SSSR count). The molecule has 0 aliphatic rings. The van der Waals surface area contributed by atoms with Crippen LogP contribution < -0.4 is 5.73 Å². The Bertz CT molecular complexity index is 763. The predicted molar refractivity (Wildman–Crippen MR) is 83.5 cm³/mol. The third-order valence-corrected chi connectivity index (χ3v) is 5.39. The van der Waals surface area contributed by atoms with Gasteiger partial charge in [-0.05, 0) is 30.3 Å². The minimum Gasteiger partial charge on any atom is -0.398 e. The molecule has 0 aliphatic carbocycles. The molecule has 0 spiro atoms. The summed E-state index contributed by atoms with van der Waals surface area (Å²) in [6.45, 7) is 0. The van der Waals surface area contributed by atoms with Gasteiger partial charge in [0.15, 0.2) is 9.84 Å². The molecule has 20 heavy (non-hydrogen) atoms. The Morgan fingerprint density at radius 3 is 2.25 bits per heavy atom.